The molecule has 3 nitrogen and oxygen atoms in total. The Hall–Kier alpha value is -0.570. The molecule has 1 aliphatic rings. The summed E-state index contributed by atoms with van der Waals surface area (Å²) in [7, 11) is 0. The van der Waals surface area contributed by atoms with Gasteiger partial charge in [0.2, 0.25) is 5.91 Å². The highest BCUT2D eigenvalue weighted by Crippen LogP contribution is 2.15. The van der Waals surface area contributed by atoms with Crippen LogP contribution in [0.25, 0.3) is 0 Å². The lowest BCUT2D eigenvalue weighted by Crippen LogP contribution is -2.53. The molecule has 1 aliphatic heterocycles. The van der Waals surface area contributed by atoms with Crippen LogP contribution in [0.4, 0.5) is 0 Å². The van der Waals surface area contributed by atoms with Crippen LogP contribution in [-0.4, -0.2) is 30.4 Å². The van der Waals surface area contributed by atoms with Gasteiger partial charge in [-0.15, -0.1) is 0 Å². The molecule has 0 unspecified atom stereocenters. The summed E-state index contributed by atoms with van der Waals surface area (Å²) in [6.07, 6.45) is 0. The Bertz CT molecular complexity index is 150. The number of carbonyl (C=O) groups is 1. The fraction of sp³-hybridized carbons (Fsp3) is 0.875. The maximum Gasteiger partial charge on any atom is 0.223 e. The van der Waals surface area contributed by atoms with Crippen LogP contribution >= 0.6 is 0 Å². The summed E-state index contributed by atoms with van der Waals surface area (Å²) in [6, 6.07) is 0. The standard InChI is InChI=1S/C8H16N2O/c1-6(2)3-10-4-7(5-10)8(9)11/h6-7H,3-5H2,1-2H3,(H2,9,11). The first-order valence-corrected chi connectivity index (χ1v) is 4.11. The van der Waals surface area contributed by atoms with Crippen LogP contribution in [0.2, 0.25) is 0 Å². The van der Waals surface area contributed by atoms with Crippen molar-refractivity contribution in [1.29, 1.82) is 0 Å². The first-order valence-electron chi connectivity index (χ1n) is 4.11. The van der Waals surface area contributed by atoms with Crippen LogP contribution < -0.4 is 5.73 Å². The SMILES string of the molecule is CC(C)CN1CC(C(N)=O)C1. The van der Waals surface area contributed by atoms with Crippen molar-refractivity contribution in [3.05, 3.63) is 0 Å². The minimum absolute atomic E-state index is 0.119. The van der Waals surface area contributed by atoms with Crippen LogP contribution in [-0.2, 0) is 4.79 Å². The van der Waals surface area contributed by atoms with Crippen molar-refractivity contribution in [1.82, 2.24) is 4.90 Å². The van der Waals surface area contributed by atoms with Gasteiger partial charge in [0, 0.05) is 19.6 Å². The molecular weight excluding hydrogens is 140 g/mol. The van der Waals surface area contributed by atoms with Gasteiger partial charge in [-0.05, 0) is 5.92 Å². The van der Waals surface area contributed by atoms with Crippen molar-refractivity contribution < 1.29 is 4.79 Å². The third kappa shape index (κ3) is 2.19. The molecule has 0 bridgehead atoms. The van der Waals surface area contributed by atoms with E-state index in [0.717, 1.165) is 19.6 Å². The van der Waals surface area contributed by atoms with Gasteiger partial charge in [-0.1, -0.05) is 13.8 Å². The van der Waals surface area contributed by atoms with Crippen LogP contribution in [0, 0.1) is 11.8 Å². The Balaban J connectivity index is 2.14. The Morgan fingerprint density at radius 3 is 2.55 bits per heavy atom. The smallest absolute Gasteiger partial charge is 0.223 e. The predicted octanol–water partition coefficient (Wildman–Crippen LogP) is 0.0595. The number of nitrogens with zero attached hydrogens (tertiary/aromatic N) is 1. The second kappa shape index (κ2) is 3.22. The lowest BCUT2D eigenvalue weighted by atomic mass is 9.98. The molecule has 1 heterocycles. The highest BCUT2D eigenvalue weighted by molar-refractivity contribution is 5.78. The van der Waals surface area contributed by atoms with E-state index in [1.165, 1.54) is 0 Å². The number of carbonyl (C=O) groups excluding carboxylic acids is 1. The molecule has 64 valence electrons. The number of amides is 1. The van der Waals surface area contributed by atoms with Gasteiger partial charge >= 0.3 is 0 Å². The molecule has 0 aliphatic carbocycles. The minimum Gasteiger partial charge on any atom is -0.369 e. The number of hydrogen-bond acceptors (Lipinski definition) is 2. The number of rotatable bonds is 3. The lowest BCUT2D eigenvalue weighted by Gasteiger charge is -2.38. The first-order chi connectivity index (χ1) is 5.09. The third-order valence-corrected chi connectivity index (χ3v) is 1.98. The molecule has 1 saturated heterocycles. The summed E-state index contributed by atoms with van der Waals surface area (Å²) in [5.41, 5.74) is 5.13. The maximum absolute atomic E-state index is 10.6. The monoisotopic (exact) mass is 156 g/mol. The fourth-order valence-corrected chi connectivity index (χ4v) is 1.42. The molecule has 3 heteroatoms. The third-order valence-electron chi connectivity index (χ3n) is 1.98. The van der Waals surface area contributed by atoms with E-state index in [2.05, 4.69) is 18.7 Å². The Morgan fingerprint density at radius 1 is 1.64 bits per heavy atom. The molecule has 0 saturated carbocycles. The van der Waals surface area contributed by atoms with E-state index >= 15 is 0 Å². The summed E-state index contributed by atoms with van der Waals surface area (Å²) < 4.78 is 0. The quantitative estimate of drug-likeness (QED) is 0.628. The van der Waals surface area contributed by atoms with Crippen LogP contribution in [0.5, 0.6) is 0 Å². The van der Waals surface area contributed by atoms with Gasteiger partial charge in [0.1, 0.15) is 0 Å². The average molecular weight is 156 g/mol. The van der Waals surface area contributed by atoms with Crippen molar-refractivity contribution in [3.8, 4) is 0 Å². The zero-order valence-corrected chi connectivity index (χ0v) is 7.21. The zero-order chi connectivity index (χ0) is 8.43. The summed E-state index contributed by atoms with van der Waals surface area (Å²) in [5, 5.41) is 0. The second-order valence-electron chi connectivity index (χ2n) is 3.71. The van der Waals surface area contributed by atoms with E-state index in [1.54, 1.807) is 0 Å². The number of hydrogen-bond donors (Lipinski definition) is 1. The van der Waals surface area contributed by atoms with Crippen molar-refractivity contribution in [2.24, 2.45) is 17.6 Å². The number of primary amides is 1. The van der Waals surface area contributed by atoms with Crippen molar-refractivity contribution in [3.63, 3.8) is 0 Å². The Kier molecular flexibility index (Phi) is 2.49. The first kappa shape index (κ1) is 8.53. The van der Waals surface area contributed by atoms with Crippen molar-refractivity contribution in [2.75, 3.05) is 19.6 Å². The minimum atomic E-state index is -0.148. The highest BCUT2D eigenvalue weighted by Gasteiger charge is 2.30. The molecule has 1 amide bonds. The number of likely N-dealkylation sites (tertiary alicyclic amines) is 1. The molecule has 0 atom stereocenters. The second-order valence-corrected chi connectivity index (χ2v) is 3.71. The van der Waals surface area contributed by atoms with Crippen molar-refractivity contribution >= 4 is 5.91 Å². The predicted molar refractivity (Wildman–Crippen MR) is 44.0 cm³/mol. The van der Waals surface area contributed by atoms with Crippen LogP contribution in [0.15, 0.2) is 0 Å². The normalized spacial score (nSPS) is 20.3. The van der Waals surface area contributed by atoms with E-state index in [4.69, 9.17) is 5.73 Å². The highest BCUT2D eigenvalue weighted by atomic mass is 16.1. The van der Waals surface area contributed by atoms with Gasteiger partial charge in [0.15, 0.2) is 0 Å². The van der Waals surface area contributed by atoms with E-state index in [9.17, 15) is 4.79 Å². The molecular formula is C8H16N2O. The molecule has 1 fully saturated rings. The maximum atomic E-state index is 10.6. The Labute approximate surface area is 67.5 Å². The van der Waals surface area contributed by atoms with Crippen molar-refractivity contribution in [2.45, 2.75) is 13.8 Å². The van der Waals surface area contributed by atoms with Crippen LogP contribution in [0.3, 0.4) is 0 Å². The molecule has 0 spiro atoms. The topological polar surface area (TPSA) is 46.3 Å². The summed E-state index contributed by atoms with van der Waals surface area (Å²) in [6.45, 7) is 7.18. The molecule has 0 aromatic heterocycles. The van der Waals surface area contributed by atoms with Gasteiger partial charge < -0.3 is 10.6 Å². The summed E-state index contributed by atoms with van der Waals surface area (Å²) in [4.78, 5) is 12.9. The molecule has 11 heavy (non-hydrogen) atoms. The summed E-state index contributed by atoms with van der Waals surface area (Å²) >= 11 is 0. The Morgan fingerprint density at radius 2 is 2.18 bits per heavy atom. The lowest BCUT2D eigenvalue weighted by molar-refractivity contribution is -0.127. The molecule has 0 aromatic rings. The average Bonchev–Trinajstić information content (AvgIpc) is 1.75. The molecule has 2 N–H and O–H groups in total. The molecule has 0 radical (unpaired) electrons. The van der Waals surface area contributed by atoms with Gasteiger partial charge in [-0.2, -0.15) is 0 Å². The zero-order valence-electron chi connectivity index (χ0n) is 7.21. The fourth-order valence-electron chi connectivity index (χ4n) is 1.42. The van der Waals surface area contributed by atoms with Crippen LogP contribution in [0.1, 0.15) is 13.8 Å². The van der Waals surface area contributed by atoms with E-state index in [1.807, 2.05) is 0 Å². The molecule has 0 aromatic carbocycles. The van der Waals surface area contributed by atoms with Gasteiger partial charge in [-0.3, -0.25) is 4.79 Å². The van der Waals surface area contributed by atoms with E-state index < -0.39 is 0 Å². The van der Waals surface area contributed by atoms with Gasteiger partial charge in [0.25, 0.3) is 0 Å². The van der Waals surface area contributed by atoms with Gasteiger partial charge in [0.05, 0.1) is 5.92 Å². The number of nitrogens with two attached hydrogens (primary N) is 1. The molecule has 1 rings (SSSR count). The van der Waals surface area contributed by atoms with E-state index in [-0.39, 0.29) is 11.8 Å². The van der Waals surface area contributed by atoms with Gasteiger partial charge in [-0.25, -0.2) is 0 Å². The largest absolute Gasteiger partial charge is 0.369 e. The van der Waals surface area contributed by atoms with E-state index in [0.29, 0.717) is 5.92 Å². The summed E-state index contributed by atoms with van der Waals surface area (Å²) in [5.74, 6) is 0.655.